The van der Waals surface area contributed by atoms with Crippen LogP contribution in [-0.4, -0.2) is 28.5 Å². The summed E-state index contributed by atoms with van der Waals surface area (Å²) in [6, 6.07) is 8.64. The van der Waals surface area contributed by atoms with E-state index in [0.29, 0.717) is 5.52 Å². The van der Waals surface area contributed by atoms with Crippen LogP contribution in [0.5, 0.6) is 0 Å². The molecule has 0 amide bonds. The Morgan fingerprint density at radius 2 is 2.00 bits per heavy atom. The number of esters is 1. The van der Waals surface area contributed by atoms with E-state index in [0.717, 1.165) is 18.6 Å². The van der Waals surface area contributed by atoms with E-state index in [1.165, 1.54) is 11.5 Å². The van der Waals surface area contributed by atoms with E-state index in [1.54, 1.807) is 30.3 Å². The van der Waals surface area contributed by atoms with Gasteiger partial charge in [-0.15, -0.1) is 0 Å². The Morgan fingerprint density at radius 1 is 1.33 bits per heavy atom. The van der Waals surface area contributed by atoms with Crippen LogP contribution in [0, 0.1) is 10.1 Å². The smallest absolute Gasteiger partial charge is 0.409 e. The first-order valence-corrected chi connectivity index (χ1v) is 6.01. The number of nitrogens with zero attached hydrogens (tertiary/aromatic N) is 2. The van der Waals surface area contributed by atoms with Gasteiger partial charge in [0.15, 0.2) is 0 Å². The lowest BCUT2D eigenvalue weighted by Gasteiger charge is -2.03. The number of rotatable bonds is 3. The van der Waals surface area contributed by atoms with E-state index in [4.69, 9.17) is 0 Å². The van der Waals surface area contributed by atoms with E-state index in [-0.39, 0.29) is 11.6 Å². The molecule has 0 aliphatic heterocycles. The number of hydrogen-bond acceptors (Lipinski definition) is 5. The Hall–Kier alpha value is -2.96. The number of carbonyl (C=O) groups excluding carboxylic acids is 2. The van der Waals surface area contributed by atoms with E-state index < -0.39 is 16.6 Å². The van der Waals surface area contributed by atoms with Gasteiger partial charge in [-0.3, -0.25) is 19.5 Å². The molecule has 7 nitrogen and oxygen atoms in total. The Labute approximate surface area is 119 Å². The molecular weight excluding hydrogens is 276 g/mol. The average molecular weight is 288 g/mol. The lowest BCUT2D eigenvalue weighted by molar-refractivity contribution is -0.419. The fraction of sp³-hybridized carbons (Fsp3) is 0.143. The summed E-state index contributed by atoms with van der Waals surface area (Å²) in [4.78, 5) is 33.3. The molecule has 0 saturated heterocycles. The fourth-order valence-electron chi connectivity index (χ4n) is 2.06. The highest BCUT2D eigenvalue weighted by atomic mass is 16.6. The Kier molecular flexibility index (Phi) is 3.84. The monoisotopic (exact) mass is 288 g/mol. The number of benzene rings is 1. The van der Waals surface area contributed by atoms with Crippen molar-refractivity contribution in [1.82, 2.24) is 4.57 Å². The highest BCUT2D eigenvalue weighted by Crippen LogP contribution is 2.22. The van der Waals surface area contributed by atoms with Crippen molar-refractivity contribution in [2.24, 2.45) is 0 Å². The van der Waals surface area contributed by atoms with Crippen molar-refractivity contribution in [3.8, 4) is 0 Å². The second-order valence-electron chi connectivity index (χ2n) is 4.26. The van der Waals surface area contributed by atoms with Gasteiger partial charge in [-0.25, -0.2) is 4.79 Å². The number of methoxy groups -OCH3 is 1. The summed E-state index contributed by atoms with van der Waals surface area (Å²) in [7, 11) is 1.06. The topological polar surface area (TPSA) is 91.4 Å². The molecule has 2 rings (SSSR count). The minimum absolute atomic E-state index is 0.251. The zero-order valence-corrected chi connectivity index (χ0v) is 11.4. The third-order valence-corrected chi connectivity index (χ3v) is 2.93. The second kappa shape index (κ2) is 5.58. The number of para-hydroxylation sites is 1. The van der Waals surface area contributed by atoms with Crippen LogP contribution in [0.15, 0.2) is 36.0 Å². The third kappa shape index (κ3) is 2.66. The molecule has 0 aliphatic carbocycles. The summed E-state index contributed by atoms with van der Waals surface area (Å²) >= 11 is 0. The lowest BCUT2D eigenvalue weighted by atomic mass is 10.2. The number of nitro groups is 1. The maximum absolute atomic E-state index is 11.8. The van der Waals surface area contributed by atoms with Gasteiger partial charge in [-0.1, -0.05) is 18.2 Å². The largest absolute Gasteiger partial charge is 0.461 e. The van der Waals surface area contributed by atoms with Crippen LogP contribution in [0.1, 0.15) is 17.4 Å². The standard InChI is InChI=1S/C14H12N2O5/c1-9(17)15-11(7-10-5-3-4-6-12(10)15)8-13(16(19)20)14(18)21-2/h3-8H,1-2H3. The molecule has 0 radical (unpaired) electrons. The predicted octanol–water partition coefficient (Wildman–Crippen LogP) is 2.09. The van der Waals surface area contributed by atoms with Crippen molar-refractivity contribution in [3.05, 3.63) is 51.8 Å². The van der Waals surface area contributed by atoms with Crippen molar-refractivity contribution < 1.29 is 19.2 Å². The molecule has 2 aromatic rings. The Balaban J connectivity index is 2.70. The molecule has 0 N–H and O–H groups in total. The summed E-state index contributed by atoms with van der Waals surface area (Å²) in [6.07, 6.45) is 1.03. The minimum atomic E-state index is -1.07. The van der Waals surface area contributed by atoms with Crippen molar-refractivity contribution in [3.63, 3.8) is 0 Å². The number of aromatic nitrogens is 1. The quantitative estimate of drug-likeness (QED) is 0.373. The molecule has 108 valence electrons. The fourth-order valence-corrected chi connectivity index (χ4v) is 2.06. The average Bonchev–Trinajstić information content (AvgIpc) is 2.81. The SMILES string of the molecule is COC(=O)C(=Cc1cc2ccccc2n1C(C)=O)[N+](=O)[O-]. The molecule has 0 atom stereocenters. The molecule has 0 unspecified atom stereocenters. The summed E-state index contributed by atoms with van der Waals surface area (Å²) in [5.41, 5.74) is 0.132. The molecule has 1 aromatic carbocycles. The van der Waals surface area contributed by atoms with Gasteiger partial charge in [0.1, 0.15) is 0 Å². The number of ether oxygens (including phenoxy) is 1. The molecule has 0 bridgehead atoms. The lowest BCUT2D eigenvalue weighted by Crippen LogP contribution is -2.14. The number of hydrogen-bond donors (Lipinski definition) is 0. The van der Waals surface area contributed by atoms with Gasteiger partial charge in [-0.2, -0.15) is 0 Å². The molecule has 1 heterocycles. The molecule has 0 saturated carbocycles. The molecule has 0 spiro atoms. The first kappa shape index (κ1) is 14.4. The third-order valence-electron chi connectivity index (χ3n) is 2.93. The highest BCUT2D eigenvalue weighted by Gasteiger charge is 2.24. The van der Waals surface area contributed by atoms with Crippen molar-refractivity contribution in [2.75, 3.05) is 7.11 Å². The zero-order chi connectivity index (χ0) is 15.6. The highest BCUT2D eigenvalue weighted by molar-refractivity contribution is 5.97. The first-order chi connectivity index (χ1) is 9.95. The first-order valence-electron chi connectivity index (χ1n) is 6.01. The summed E-state index contributed by atoms with van der Waals surface area (Å²) in [5.74, 6) is -1.38. The van der Waals surface area contributed by atoms with Crippen LogP contribution >= 0.6 is 0 Å². The Morgan fingerprint density at radius 3 is 2.57 bits per heavy atom. The predicted molar refractivity (Wildman–Crippen MR) is 75.2 cm³/mol. The van der Waals surface area contributed by atoms with Gasteiger partial charge in [0.05, 0.1) is 23.2 Å². The number of fused-ring (bicyclic) bond motifs is 1. The van der Waals surface area contributed by atoms with Crippen molar-refractivity contribution in [2.45, 2.75) is 6.92 Å². The van der Waals surface area contributed by atoms with Crippen LogP contribution in [0.2, 0.25) is 0 Å². The molecular formula is C14H12N2O5. The van der Waals surface area contributed by atoms with E-state index in [1.807, 2.05) is 0 Å². The molecule has 21 heavy (non-hydrogen) atoms. The maximum Gasteiger partial charge on any atom is 0.409 e. The van der Waals surface area contributed by atoms with Gasteiger partial charge in [0, 0.05) is 18.4 Å². The van der Waals surface area contributed by atoms with Gasteiger partial charge in [0.2, 0.25) is 5.91 Å². The van der Waals surface area contributed by atoms with Crippen LogP contribution in [0.25, 0.3) is 17.0 Å². The zero-order valence-electron chi connectivity index (χ0n) is 11.4. The van der Waals surface area contributed by atoms with Crippen molar-refractivity contribution >= 4 is 28.9 Å². The van der Waals surface area contributed by atoms with Crippen LogP contribution < -0.4 is 0 Å². The van der Waals surface area contributed by atoms with E-state index >= 15 is 0 Å². The molecule has 0 aliphatic rings. The van der Waals surface area contributed by atoms with Crippen LogP contribution in [0.4, 0.5) is 0 Å². The Bertz CT molecular complexity index is 773. The van der Waals surface area contributed by atoms with Crippen molar-refractivity contribution in [1.29, 1.82) is 0 Å². The summed E-state index contributed by atoms with van der Waals surface area (Å²) in [5, 5.41) is 11.7. The van der Waals surface area contributed by atoms with E-state index in [2.05, 4.69) is 4.74 Å². The van der Waals surface area contributed by atoms with Gasteiger partial charge >= 0.3 is 11.7 Å². The maximum atomic E-state index is 11.8. The summed E-state index contributed by atoms with van der Waals surface area (Å²) in [6.45, 7) is 1.34. The van der Waals surface area contributed by atoms with Gasteiger partial charge < -0.3 is 4.74 Å². The van der Waals surface area contributed by atoms with Crippen LogP contribution in [0.3, 0.4) is 0 Å². The second-order valence-corrected chi connectivity index (χ2v) is 4.26. The van der Waals surface area contributed by atoms with Crippen LogP contribution in [-0.2, 0) is 9.53 Å². The molecule has 7 heteroatoms. The molecule has 0 fully saturated rings. The minimum Gasteiger partial charge on any atom is -0.461 e. The van der Waals surface area contributed by atoms with Gasteiger partial charge in [0.25, 0.3) is 0 Å². The van der Waals surface area contributed by atoms with E-state index in [9.17, 15) is 19.7 Å². The summed E-state index contributed by atoms with van der Waals surface area (Å²) < 4.78 is 5.68. The van der Waals surface area contributed by atoms with Gasteiger partial charge in [-0.05, 0) is 12.1 Å². The number of carbonyl (C=O) groups is 2. The normalized spacial score (nSPS) is 11.4. The molecule has 1 aromatic heterocycles.